The van der Waals surface area contributed by atoms with Crippen molar-refractivity contribution in [1.29, 1.82) is 0 Å². The van der Waals surface area contributed by atoms with Crippen molar-refractivity contribution in [1.82, 2.24) is 9.55 Å². The van der Waals surface area contributed by atoms with Crippen molar-refractivity contribution in [2.24, 2.45) is 11.8 Å². The molecule has 0 bridgehead atoms. The van der Waals surface area contributed by atoms with Gasteiger partial charge in [-0.1, -0.05) is 13.8 Å². The van der Waals surface area contributed by atoms with E-state index in [1.54, 1.807) is 0 Å². The molecule has 0 amide bonds. The van der Waals surface area contributed by atoms with Crippen LogP contribution in [-0.2, 0) is 4.74 Å². The zero-order valence-corrected chi connectivity index (χ0v) is 10.9. The van der Waals surface area contributed by atoms with E-state index in [4.69, 9.17) is 4.74 Å². The van der Waals surface area contributed by atoms with E-state index in [9.17, 15) is 19.8 Å². The highest BCUT2D eigenvalue weighted by atomic mass is 16.6. The average molecular weight is 270 g/mol. The van der Waals surface area contributed by atoms with Gasteiger partial charge >= 0.3 is 5.69 Å². The number of rotatable bonds is 3. The van der Waals surface area contributed by atoms with E-state index >= 15 is 0 Å². The number of aliphatic hydroxyl groups excluding tert-OH is 2. The van der Waals surface area contributed by atoms with E-state index in [1.165, 1.54) is 16.8 Å². The van der Waals surface area contributed by atoms with Gasteiger partial charge in [0, 0.05) is 18.2 Å². The average Bonchev–Trinajstić information content (AvgIpc) is 2.64. The molecule has 0 aliphatic carbocycles. The topological polar surface area (TPSA) is 105 Å². The fourth-order valence-corrected chi connectivity index (χ4v) is 2.53. The zero-order valence-electron chi connectivity index (χ0n) is 10.9. The lowest BCUT2D eigenvalue weighted by atomic mass is 9.83. The van der Waals surface area contributed by atoms with Gasteiger partial charge in [0.15, 0.2) is 0 Å². The minimum atomic E-state index is -1.07. The smallest absolute Gasteiger partial charge is 0.330 e. The third-order valence-electron chi connectivity index (χ3n) is 4.08. The molecular weight excluding hydrogens is 252 g/mol. The fraction of sp³-hybridized carbons (Fsp3) is 0.667. The first kappa shape index (κ1) is 14.0. The monoisotopic (exact) mass is 270 g/mol. The lowest BCUT2D eigenvalue weighted by Crippen LogP contribution is -2.43. The normalized spacial score (nSPS) is 29.6. The van der Waals surface area contributed by atoms with Gasteiger partial charge in [-0.05, 0) is 5.92 Å². The first-order valence-electron chi connectivity index (χ1n) is 6.16. The molecule has 3 unspecified atom stereocenters. The van der Waals surface area contributed by atoms with Crippen molar-refractivity contribution in [2.75, 3.05) is 13.2 Å². The predicted molar refractivity (Wildman–Crippen MR) is 66.7 cm³/mol. The van der Waals surface area contributed by atoms with E-state index in [1.807, 2.05) is 13.8 Å². The number of hydrogen-bond donors (Lipinski definition) is 3. The molecule has 1 fully saturated rings. The lowest BCUT2D eigenvalue weighted by Gasteiger charge is -2.28. The van der Waals surface area contributed by atoms with Crippen LogP contribution in [0.4, 0.5) is 0 Å². The van der Waals surface area contributed by atoms with E-state index in [-0.39, 0.29) is 25.0 Å². The number of hydrogen-bond acceptors (Lipinski definition) is 5. The SMILES string of the molecule is CC1C(n2ccc(=O)[nH]c2=O)OC(CO)(CO)C1C. The van der Waals surface area contributed by atoms with Crippen molar-refractivity contribution < 1.29 is 14.9 Å². The van der Waals surface area contributed by atoms with Crippen LogP contribution in [0.15, 0.2) is 21.9 Å². The van der Waals surface area contributed by atoms with Gasteiger partial charge in [-0.2, -0.15) is 0 Å². The van der Waals surface area contributed by atoms with Gasteiger partial charge in [-0.3, -0.25) is 14.3 Å². The molecule has 1 aromatic rings. The maximum Gasteiger partial charge on any atom is 0.330 e. The number of H-pyrrole nitrogens is 1. The maximum absolute atomic E-state index is 11.8. The molecule has 7 heteroatoms. The Kier molecular flexibility index (Phi) is 3.62. The highest BCUT2D eigenvalue weighted by molar-refractivity contribution is 4.98. The number of nitrogens with one attached hydrogen (secondary N) is 1. The van der Waals surface area contributed by atoms with Crippen LogP contribution in [0.3, 0.4) is 0 Å². The standard InChI is InChI=1S/C12H18N2O5/c1-7-8(2)12(5-15,6-16)19-10(7)14-4-3-9(17)13-11(14)18/h3-4,7-8,10,15-16H,5-6H2,1-2H3,(H,13,17,18). The van der Waals surface area contributed by atoms with Gasteiger partial charge in [-0.25, -0.2) is 4.79 Å². The van der Waals surface area contributed by atoms with E-state index < -0.39 is 23.1 Å². The summed E-state index contributed by atoms with van der Waals surface area (Å²) in [5.41, 5.74) is -2.11. The predicted octanol–water partition coefficient (Wildman–Crippen LogP) is -0.939. The Balaban J connectivity index is 2.42. The molecule has 1 aliphatic heterocycles. The van der Waals surface area contributed by atoms with E-state index in [0.717, 1.165) is 0 Å². The molecule has 0 aromatic carbocycles. The number of aliphatic hydroxyl groups is 2. The number of aromatic nitrogens is 2. The highest BCUT2D eigenvalue weighted by Gasteiger charge is 2.51. The van der Waals surface area contributed by atoms with Gasteiger partial charge in [0.05, 0.1) is 13.2 Å². The Morgan fingerprint density at radius 3 is 2.47 bits per heavy atom. The molecule has 3 atom stereocenters. The van der Waals surface area contributed by atoms with E-state index in [0.29, 0.717) is 0 Å². The van der Waals surface area contributed by atoms with Crippen molar-refractivity contribution in [3.8, 4) is 0 Å². The molecule has 1 aromatic heterocycles. The Hall–Kier alpha value is -1.44. The maximum atomic E-state index is 11.8. The third-order valence-corrected chi connectivity index (χ3v) is 4.08. The molecule has 0 saturated carbocycles. The number of ether oxygens (including phenoxy) is 1. The van der Waals surface area contributed by atoms with E-state index in [2.05, 4.69) is 4.98 Å². The van der Waals surface area contributed by atoms with Gasteiger partial charge in [0.1, 0.15) is 11.8 Å². The molecule has 19 heavy (non-hydrogen) atoms. The van der Waals surface area contributed by atoms with Crippen LogP contribution in [-0.4, -0.2) is 38.6 Å². The molecular formula is C12H18N2O5. The van der Waals surface area contributed by atoms with Gasteiger partial charge in [-0.15, -0.1) is 0 Å². The summed E-state index contributed by atoms with van der Waals surface area (Å²) in [5.74, 6) is -0.228. The lowest BCUT2D eigenvalue weighted by molar-refractivity contribution is -0.135. The Morgan fingerprint density at radius 2 is 2.00 bits per heavy atom. The van der Waals surface area contributed by atoms with Crippen LogP contribution in [0.1, 0.15) is 20.1 Å². The van der Waals surface area contributed by atoms with Crippen LogP contribution in [0.25, 0.3) is 0 Å². The van der Waals surface area contributed by atoms with Gasteiger partial charge in [0.2, 0.25) is 0 Å². The molecule has 2 rings (SSSR count). The van der Waals surface area contributed by atoms with Crippen molar-refractivity contribution in [3.05, 3.63) is 33.1 Å². The minimum absolute atomic E-state index is 0.0945. The molecule has 1 aliphatic rings. The van der Waals surface area contributed by atoms with Crippen molar-refractivity contribution in [3.63, 3.8) is 0 Å². The molecule has 0 spiro atoms. The minimum Gasteiger partial charge on any atom is -0.393 e. The summed E-state index contributed by atoms with van der Waals surface area (Å²) < 4.78 is 6.99. The molecule has 106 valence electrons. The second-order valence-electron chi connectivity index (χ2n) is 5.05. The summed E-state index contributed by atoms with van der Waals surface area (Å²) >= 11 is 0. The van der Waals surface area contributed by atoms with Crippen LogP contribution < -0.4 is 11.2 Å². The van der Waals surface area contributed by atoms with Gasteiger partial charge in [0.25, 0.3) is 5.56 Å². The largest absolute Gasteiger partial charge is 0.393 e. The summed E-state index contributed by atoms with van der Waals surface area (Å²) in [6, 6.07) is 1.24. The van der Waals surface area contributed by atoms with Crippen LogP contribution in [0.2, 0.25) is 0 Å². The Morgan fingerprint density at radius 1 is 1.37 bits per heavy atom. The summed E-state index contributed by atoms with van der Waals surface area (Å²) in [4.78, 5) is 25.0. The Labute approximate surface area is 109 Å². The highest BCUT2D eigenvalue weighted by Crippen LogP contribution is 2.44. The first-order valence-corrected chi connectivity index (χ1v) is 6.16. The first-order chi connectivity index (χ1) is 8.95. The summed E-state index contributed by atoms with van der Waals surface area (Å²) in [6.07, 6.45) is 0.735. The molecule has 0 radical (unpaired) electrons. The van der Waals surface area contributed by atoms with Crippen LogP contribution in [0, 0.1) is 11.8 Å². The molecule has 2 heterocycles. The fourth-order valence-electron chi connectivity index (χ4n) is 2.53. The molecule has 3 N–H and O–H groups in total. The zero-order chi connectivity index (χ0) is 14.2. The number of aromatic amines is 1. The number of nitrogens with zero attached hydrogens (tertiary/aromatic N) is 1. The second kappa shape index (κ2) is 4.92. The van der Waals surface area contributed by atoms with Crippen LogP contribution in [0.5, 0.6) is 0 Å². The summed E-state index contributed by atoms with van der Waals surface area (Å²) in [6.45, 7) is 3.07. The van der Waals surface area contributed by atoms with Crippen molar-refractivity contribution in [2.45, 2.75) is 25.7 Å². The molecule has 7 nitrogen and oxygen atoms in total. The quantitative estimate of drug-likeness (QED) is 0.657. The summed E-state index contributed by atoms with van der Waals surface area (Å²) in [5, 5.41) is 18.9. The second-order valence-corrected chi connectivity index (χ2v) is 5.05. The summed E-state index contributed by atoms with van der Waals surface area (Å²) in [7, 11) is 0. The molecule has 1 saturated heterocycles. The Bertz CT molecular complexity index is 560. The van der Waals surface area contributed by atoms with Crippen LogP contribution >= 0.6 is 0 Å². The third kappa shape index (κ3) is 2.13. The van der Waals surface area contributed by atoms with Gasteiger partial charge < -0.3 is 14.9 Å². The van der Waals surface area contributed by atoms with Crippen molar-refractivity contribution >= 4 is 0 Å².